The summed E-state index contributed by atoms with van der Waals surface area (Å²) in [5.41, 5.74) is 1.64. The summed E-state index contributed by atoms with van der Waals surface area (Å²) in [5, 5.41) is 11.3. The molecule has 6 rings (SSSR count). The summed E-state index contributed by atoms with van der Waals surface area (Å²) in [5.74, 6) is -0.474. The molecule has 2 aromatic rings. The van der Waals surface area contributed by atoms with E-state index in [4.69, 9.17) is 25.8 Å². The first kappa shape index (κ1) is 31.9. The maximum Gasteiger partial charge on any atom is 0.341 e. The number of aliphatic carboxylic acids is 1. The quantitative estimate of drug-likeness (QED) is 0.415. The van der Waals surface area contributed by atoms with E-state index in [1.807, 2.05) is 18.2 Å². The Hall–Kier alpha value is -3.07. The van der Waals surface area contributed by atoms with Gasteiger partial charge in [-0.15, -0.1) is 0 Å². The highest BCUT2D eigenvalue weighted by atomic mass is 35.5. The van der Waals surface area contributed by atoms with Crippen molar-refractivity contribution >= 4 is 29.2 Å². The third-order valence-electron chi connectivity index (χ3n) is 11.1. The fourth-order valence-corrected chi connectivity index (χ4v) is 8.46. The molecule has 242 valence electrons. The number of aryl methyl sites for hydroxylation is 1. The van der Waals surface area contributed by atoms with Crippen molar-refractivity contribution < 1.29 is 28.9 Å². The van der Waals surface area contributed by atoms with Gasteiger partial charge >= 0.3 is 5.97 Å². The van der Waals surface area contributed by atoms with Crippen LogP contribution in [0.25, 0.3) is 0 Å². The first-order chi connectivity index (χ1) is 21.5. The van der Waals surface area contributed by atoms with Gasteiger partial charge in [0, 0.05) is 51.3 Å². The standard InChI is InChI=1S/C36H45ClN2O6/c1-34-16-14-28(34)30(43-3)9-5-6-17-38(2)32(40)20-36(44-4,33(41)42)25-10-13-31-29(19-25)39(21-34)22-35(23-45-31)15-7-8-24-18-26(37)11-12-27(24)35/h5,9-13,18-19,28,30H,6-8,14-17,20-23H2,1-4H3,(H,41,42)/t28-,30+,34?,35-,36-/m0/s1. The van der Waals surface area contributed by atoms with Crippen LogP contribution >= 0.6 is 11.6 Å². The van der Waals surface area contributed by atoms with Gasteiger partial charge < -0.3 is 29.1 Å². The molecule has 1 fully saturated rings. The molecule has 45 heavy (non-hydrogen) atoms. The Morgan fingerprint density at radius 3 is 2.67 bits per heavy atom. The molecule has 8 nitrogen and oxygen atoms in total. The molecule has 2 heterocycles. The molecule has 1 amide bonds. The largest absolute Gasteiger partial charge is 0.490 e. The van der Waals surface area contributed by atoms with Crippen LogP contribution in [0.2, 0.25) is 5.02 Å². The van der Waals surface area contributed by atoms with E-state index in [0.717, 1.165) is 49.4 Å². The van der Waals surface area contributed by atoms with Crippen molar-refractivity contribution in [3.8, 4) is 5.75 Å². The van der Waals surface area contributed by atoms with Gasteiger partial charge in [0.25, 0.3) is 0 Å². The zero-order chi connectivity index (χ0) is 32.0. The predicted molar refractivity (Wildman–Crippen MR) is 174 cm³/mol. The molecule has 2 aliphatic carbocycles. The molecule has 4 aliphatic rings. The van der Waals surface area contributed by atoms with Crippen LogP contribution in [0.4, 0.5) is 5.69 Å². The maximum absolute atomic E-state index is 13.4. The topological polar surface area (TPSA) is 88.5 Å². The fourth-order valence-electron chi connectivity index (χ4n) is 8.27. The minimum absolute atomic E-state index is 0.0358. The van der Waals surface area contributed by atoms with Crippen LogP contribution in [0.15, 0.2) is 48.6 Å². The van der Waals surface area contributed by atoms with Gasteiger partial charge in [0.05, 0.1) is 24.8 Å². The molecule has 1 spiro atoms. The molecule has 5 atom stereocenters. The van der Waals surface area contributed by atoms with Crippen molar-refractivity contribution in [2.75, 3.05) is 52.4 Å². The number of amides is 1. The van der Waals surface area contributed by atoms with E-state index in [9.17, 15) is 14.7 Å². The first-order valence-electron chi connectivity index (χ1n) is 16.1. The third kappa shape index (κ3) is 5.63. The Morgan fingerprint density at radius 1 is 1.13 bits per heavy atom. The number of fused-ring (bicyclic) bond motifs is 4. The fraction of sp³-hybridized carbons (Fsp3) is 0.556. The van der Waals surface area contributed by atoms with Crippen LogP contribution in [0.1, 0.15) is 62.1 Å². The third-order valence-corrected chi connectivity index (χ3v) is 11.4. The minimum atomic E-state index is -1.85. The molecular weight excluding hydrogens is 592 g/mol. The Kier molecular flexibility index (Phi) is 8.70. The Bertz CT molecular complexity index is 1500. The number of carboxylic acids is 1. The molecule has 2 aromatic carbocycles. The number of ether oxygens (including phenoxy) is 3. The van der Waals surface area contributed by atoms with E-state index >= 15 is 0 Å². The normalized spacial score (nSPS) is 31.8. The molecule has 9 heteroatoms. The number of halogens is 1. The average molecular weight is 637 g/mol. The van der Waals surface area contributed by atoms with Crippen molar-refractivity contribution in [2.45, 2.75) is 69.0 Å². The minimum Gasteiger partial charge on any atom is -0.490 e. The number of rotatable bonds is 3. The number of anilines is 1. The monoisotopic (exact) mass is 636 g/mol. The van der Waals surface area contributed by atoms with Crippen molar-refractivity contribution in [3.63, 3.8) is 0 Å². The van der Waals surface area contributed by atoms with E-state index in [-0.39, 0.29) is 29.3 Å². The highest BCUT2D eigenvalue weighted by molar-refractivity contribution is 6.30. The lowest BCUT2D eigenvalue weighted by atomic mass is 9.58. The average Bonchev–Trinajstić information content (AvgIpc) is 3.16. The lowest BCUT2D eigenvalue weighted by Gasteiger charge is -2.53. The summed E-state index contributed by atoms with van der Waals surface area (Å²) in [4.78, 5) is 30.4. The molecule has 2 aliphatic heterocycles. The molecule has 1 N–H and O–H groups in total. The number of carbonyl (C=O) groups excluding carboxylic acids is 1. The van der Waals surface area contributed by atoms with Crippen LogP contribution in [0, 0.1) is 11.3 Å². The second-order valence-electron chi connectivity index (χ2n) is 13.8. The summed E-state index contributed by atoms with van der Waals surface area (Å²) in [6, 6.07) is 11.7. The number of benzene rings is 2. The number of carboxylic acid groups (broad SMARTS) is 1. The van der Waals surface area contributed by atoms with Crippen molar-refractivity contribution in [1.82, 2.24) is 4.90 Å². The van der Waals surface area contributed by atoms with Crippen LogP contribution in [0.5, 0.6) is 5.75 Å². The molecule has 0 saturated heterocycles. The van der Waals surface area contributed by atoms with E-state index in [0.29, 0.717) is 43.3 Å². The Balaban J connectivity index is 1.50. The SMILES string of the molecule is CO[C@@H]1C=CCCN(C)C(=O)C[C@@](OC)(C(=O)O)c2ccc3c(c2)N(CC2(C)CC[C@@H]12)C[C@@]1(CCCc2cc(Cl)ccc21)CO3. The zero-order valence-electron chi connectivity index (χ0n) is 26.8. The van der Waals surface area contributed by atoms with Crippen LogP contribution in [-0.2, 0) is 36.5 Å². The lowest BCUT2D eigenvalue weighted by Crippen LogP contribution is -2.54. The molecule has 1 unspecified atom stereocenters. The summed E-state index contributed by atoms with van der Waals surface area (Å²) >= 11 is 6.45. The van der Waals surface area contributed by atoms with Crippen molar-refractivity contribution in [3.05, 3.63) is 70.3 Å². The summed E-state index contributed by atoms with van der Waals surface area (Å²) in [7, 11) is 4.85. The molecule has 0 aromatic heterocycles. The zero-order valence-corrected chi connectivity index (χ0v) is 27.6. The van der Waals surface area contributed by atoms with Gasteiger partial charge in [-0.25, -0.2) is 4.79 Å². The van der Waals surface area contributed by atoms with E-state index in [1.165, 1.54) is 18.2 Å². The number of hydrogen-bond acceptors (Lipinski definition) is 6. The van der Waals surface area contributed by atoms with Gasteiger partial charge in [-0.3, -0.25) is 4.79 Å². The van der Waals surface area contributed by atoms with Gasteiger partial charge in [-0.2, -0.15) is 0 Å². The second kappa shape index (κ2) is 12.3. The molecule has 1 saturated carbocycles. The number of carbonyl (C=O) groups is 2. The number of hydrogen-bond donors (Lipinski definition) is 1. The molecule has 2 bridgehead atoms. The van der Waals surface area contributed by atoms with Gasteiger partial charge in [0.2, 0.25) is 5.91 Å². The Labute approximate surface area is 271 Å². The van der Waals surface area contributed by atoms with Crippen LogP contribution in [0.3, 0.4) is 0 Å². The first-order valence-corrected chi connectivity index (χ1v) is 16.5. The number of methoxy groups -OCH3 is 2. The van der Waals surface area contributed by atoms with Crippen LogP contribution < -0.4 is 9.64 Å². The molecular formula is C36H45ClN2O6. The van der Waals surface area contributed by atoms with Gasteiger partial charge in [0.15, 0.2) is 5.60 Å². The van der Waals surface area contributed by atoms with Crippen molar-refractivity contribution in [2.24, 2.45) is 11.3 Å². The van der Waals surface area contributed by atoms with E-state index < -0.39 is 11.6 Å². The van der Waals surface area contributed by atoms with Crippen LogP contribution in [-0.4, -0.2) is 75.5 Å². The van der Waals surface area contributed by atoms with E-state index in [1.54, 1.807) is 25.1 Å². The second-order valence-corrected chi connectivity index (χ2v) is 14.2. The molecule has 0 radical (unpaired) electrons. The Morgan fingerprint density at radius 2 is 1.96 bits per heavy atom. The summed E-state index contributed by atoms with van der Waals surface area (Å²) in [6.07, 6.45) is 9.62. The maximum atomic E-state index is 13.4. The highest BCUT2D eigenvalue weighted by Crippen LogP contribution is 2.53. The predicted octanol–water partition coefficient (Wildman–Crippen LogP) is 5.98. The van der Waals surface area contributed by atoms with E-state index in [2.05, 4.69) is 36.1 Å². The van der Waals surface area contributed by atoms with Crippen molar-refractivity contribution in [1.29, 1.82) is 0 Å². The van der Waals surface area contributed by atoms with Gasteiger partial charge in [0.1, 0.15) is 5.75 Å². The van der Waals surface area contributed by atoms with Gasteiger partial charge in [-0.1, -0.05) is 42.8 Å². The smallest absolute Gasteiger partial charge is 0.341 e. The summed E-state index contributed by atoms with van der Waals surface area (Å²) < 4.78 is 18.5. The van der Waals surface area contributed by atoms with Gasteiger partial charge in [-0.05, 0) is 90.8 Å². The summed E-state index contributed by atoms with van der Waals surface area (Å²) in [6.45, 7) is 4.79. The number of nitrogens with zero attached hydrogens (tertiary/aromatic N) is 2. The highest BCUT2D eigenvalue weighted by Gasteiger charge is 2.50. The lowest BCUT2D eigenvalue weighted by molar-refractivity contribution is -0.169.